The molecule has 0 saturated carbocycles. The van der Waals surface area contributed by atoms with Crippen molar-refractivity contribution in [3.8, 4) is 5.75 Å². The molecule has 2 aromatic rings. The zero-order valence-corrected chi connectivity index (χ0v) is 12.0. The summed E-state index contributed by atoms with van der Waals surface area (Å²) in [6.45, 7) is 1.75. The highest BCUT2D eigenvalue weighted by Crippen LogP contribution is 2.36. The predicted molar refractivity (Wildman–Crippen MR) is 80.1 cm³/mol. The Morgan fingerprint density at radius 2 is 2.00 bits per heavy atom. The van der Waals surface area contributed by atoms with Gasteiger partial charge in [-0.05, 0) is 37.3 Å². The standard InChI is InChI=1S/C16H15N3O3/c1-11-10-16(22,13-5-7-17-8-6-13)19(18-11)15(21)12-3-2-4-14(20)9-12/h2-9,20,22H,10H2,1H3. The number of pyridine rings is 1. The van der Waals surface area contributed by atoms with Gasteiger partial charge in [-0.25, -0.2) is 0 Å². The van der Waals surface area contributed by atoms with Crippen molar-refractivity contribution in [2.24, 2.45) is 5.10 Å². The van der Waals surface area contributed by atoms with Gasteiger partial charge in [0.25, 0.3) is 5.91 Å². The first-order valence-electron chi connectivity index (χ1n) is 6.81. The van der Waals surface area contributed by atoms with Gasteiger partial charge in [0, 0.05) is 35.7 Å². The zero-order chi connectivity index (χ0) is 15.7. The van der Waals surface area contributed by atoms with Crippen molar-refractivity contribution in [2.75, 3.05) is 0 Å². The van der Waals surface area contributed by atoms with E-state index in [-0.39, 0.29) is 17.7 Å². The van der Waals surface area contributed by atoms with Crippen molar-refractivity contribution >= 4 is 11.6 Å². The fourth-order valence-corrected chi connectivity index (χ4v) is 2.54. The summed E-state index contributed by atoms with van der Waals surface area (Å²) in [6, 6.07) is 9.26. The molecule has 1 unspecified atom stereocenters. The van der Waals surface area contributed by atoms with Crippen LogP contribution in [0.15, 0.2) is 53.9 Å². The smallest absolute Gasteiger partial charge is 0.277 e. The molecule has 22 heavy (non-hydrogen) atoms. The van der Waals surface area contributed by atoms with Crippen LogP contribution in [-0.2, 0) is 5.72 Å². The molecule has 1 aromatic heterocycles. The number of carbonyl (C=O) groups is 1. The Kier molecular flexibility index (Phi) is 3.38. The van der Waals surface area contributed by atoms with Gasteiger partial charge in [-0.3, -0.25) is 9.78 Å². The second kappa shape index (κ2) is 5.23. The molecule has 0 bridgehead atoms. The summed E-state index contributed by atoms with van der Waals surface area (Å²) in [5.41, 5.74) is -0.106. The average molecular weight is 297 g/mol. The van der Waals surface area contributed by atoms with E-state index in [4.69, 9.17) is 0 Å². The molecular weight excluding hydrogens is 282 g/mol. The maximum Gasteiger partial charge on any atom is 0.277 e. The first kappa shape index (κ1) is 14.2. The lowest BCUT2D eigenvalue weighted by Gasteiger charge is -2.31. The lowest BCUT2D eigenvalue weighted by molar-refractivity contribution is -0.0766. The van der Waals surface area contributed by atoms with Crippen LogP contribution >= 0.6 is 0 Å². The molecule has 112 valence electrons. The number of hydrogen-bond acceptors (Lipinski definition) is 5. The number of nitrogens with zero attached hydrogens (tertiary/aromatic N) is 3. The van der Waals surface area contributed by atoms with Crippen LogP contribution in [0.3, 0.4) is 0 Å². The van der Waals surface area contributed by atoms with Crippen molar-refractivity contribution < 1.29 is 15.0 Å². The van der Waals surface area contributed by atoms with Gasteiger partial charge in [0.05, 0.1) is 0 Å². The number of rotatable bonds is 2. The van der Waals surface area contributed by atoms with Gasteiger partial charge in [0.2, 0.25) is 0 Å². The molecule has 1 aliphatic heterocycles. The van der Waals surface area contributed by atoms with E-state index >= 15 is 0 Å². The summed E-state index contributed by atoms with van der Waals surface area (Å²) in [7, 11) is 0. The number of hydrogen-bond donors (Lipinski definition) is 2. The van der Waals surface area contributed by atoms with Gasteiger partial charge in [-0.1, -0.05) is 6.07 Å². The number of carbonyl (C=O) groups excluding carboxylic acids is 1. The third-order valence-electron chi connectivity index (χ3n) is 3.55. The molecular formula is C16H15N3O3. The number of phenols is 1. The first-order valence-corrected chi connectivity index (χ1v) is 6.81. The highest BCUT2D eigenvalue weighted by molar-refractivity contribution is 5.98. The van der Waals surface area contributed by atoms with Gasteiger partial charge in [-0.2, -0.15) is 10.1 Å². The Labute approximate surface area is 127 Å². The molecule has 0 aliphatic carbocycles. The highest BCUT2D eigenvalue weighted by atomic mass is 16.3. The second-order valence-corrected chi connectivity index (χ2v) is 5.23. The number of aromatic hydroxyl groups is 1. The van der Waals surface area contributed by atoms with Crippen LogP contribution in [0.5, 0.6) is 5.75 Å². The topological polar surface area (TPSA) is 86.0 Å². The lowest BCUT2D eigenvalue weighted by atomic mass is 9.98. The van der Waals surface area contributed by atoms with E-state index in [1.807, 2.05) is 0 Å². The SMILES string of the molecule is CC1=NN(C(=O)c2cccc(O)c2)C(O)(c2ccncc2)C1. The van der Waals surface area contributed by atoms with Crippen LogP contribution in [0.25, 0.3) is 0 Å². The van der Waals surface area contributed by atoms with Crippen LogP contribution in [0, 0.1) is 0 Å². The Morgan fingerprint density at radius 3 is 2.68 bits per heavy atom. The number of amides is 1. The molecule has 2 heterocycles. The molecule has 0 fully saturated rings. The Morgan fingerprint density at radius 1 is 1.27 bits per heavy atom. The van der Waals surface area contributed by atoms with Gasteiger partial charge in [0.1, 0.15) is 5.75 Å². The normalized spacial score (nSPS) is 20.8. The summed E-state index contributed by atoms with van der Waals surface area (Å²) in [5.74, 6) is -0.495. The number of aromatic nitrogens is 1. The zero-order valence-electron chi connectivity index (χ0n) is 12.0. The summed E-state index contributed by atoms with van der Waals surface area (Å²) in [6.07, 6.45) is 3.33. The van der Waals surface area contributed by atoms with Crippen molar-refractivity contribution in [2.45, 2.75) is 19.1 Å². The largest absolute Gasteiger partial charge is 0.508 e. The lowest BCUT2D eigenvalue weighted by Crippen LogP contribution is -2.43. The molecule has 0 spiro atoms. The minimum Gasteiger partial charge on any atom is -0.508 e. The molecule has 1 aromatic carbocycles. The minimum absolute atomic E-state index is 0.0156. The van der Waals surface area contributed by atoms with E-state index in [0.29, 0.717) is 11.3 Å². The highest BCUT2D eigenvalue weighted by Gasteiger charge is 2.45. The van der Waals surface area contributed by atoms with E-state index in [0.717, 1.165) is 5.01 Å². The molecule has 1 aliphatic rings. The number of aliphatic hydroxyl groups is 1. The fourth-order valence-electron chi connectivity index (χ4n) is 2.54. The summed E-state index contributed by atoms with van der Waals surface area (Å²) >= 11 is 0. The maximum atomic E-state index is 12.7. The molecule has 0 saturated heterocycles. The fraction of sp³-hybridized carbons (Fsp3) is 0.188. The van der Waals surface area contributed by atoms with Crippen LogP contribution in [-0.4, -0.2) is 31.8 Å². The van der Waals surface area contributed by atoms with E-state index < -0.39 is 11.6 Å². The minimum atomic E-state index is -1.55. The van der Waals surface area contributed by atoms with Crippen LogP contribution < -0.4 is 0 Å². The molecule has 0 radical (unpaired) electrons. The molecule has 3 rings (SSSR count). The van der Waals surface area contributed by atoms with Gasteiger partial charge < -0.3 is 10.2 Å². The van der Waals surface area contributed by atoms with E-state index in [1.165, 1.54) is 12.1 Å². The molecule has 1 atom stereocenters. The molecule has 1 amide bonds. The molecule has 6 nitrogen and oxygen atoms in total. The average Bonchev–Trinajstić information content (AvgIpc) is 2.83. The molecule has 6 heteroatoms. The van der Waals surface area contributed by atoms with Crippen molar-refractivity contribution in [3.63, 3.8) is 0 Å². The van der Waals surface area contributed by atoms with E-state index in [9.17, 15) is 15.0 Å². The van der Waals surface area contributed by atoms with Gasteiger partial charge in [0.15, 0.2) is 5.72 Å². The van der Waals surface area contributed by atoms with Crippen LogP contribution in [0.2, 0.25) is 0 Å². The number of hydrazone groups is 1. The van der Waals surface area contributed by atoms with Crippen molar-refractivity contribution in [3.05, 3.63) is 59.9 Å². The van der Waals surface area contributed by atoms with Crippen LogP contribution in [0.1, 0.15) is 29.3 Å². The first-order chi connectivity index (χ1) is 10.5. The third-order valence-corrected chi connectivity index (χ3v) is 3.55. The third kappa shape index (κ3) is 2.33. The van der Waals surface area contributed by atoms with E-state index in [2.05, 4.69) is 10.1 Å². The van der Waals surface area contributed by atoms with Crippen molar-refractivity contribution in [1.82, 2.24) is 9.99 Å². The predicted octanol–water partition coefficient (Wildman–Crippen LogP) is 1.85. The monoisotopic (exact) mass is 297 g/mol. The van der Waals surface area contributed by atoms with E-state index in [1.54, 1.807) is 43.6 Å². The summed E-state index contributed by atoms with van der Waals surface area (Å²) in [5, 5.41) is 25.8. The number of phenolic OH excluding ortho intramolecular Hbond substituents is 1. The Hall–Kier alpha value is -2.73. The number of benzene rings is 1. The second-order valence-electron chi connectivity index (χ2n) is 5.23. The van der Waals surface area contributed by atoms with Gasteiger partial charge >= 0.3 is 0 Å². The van der Waals surface area contributed by atoms with Crippen molar-refractivity contribution in [1.29, 1.82) is 0 Å². The maximum absolute atomic E-state index is 12.7. The Bertz CT molecular complexity index is 745. The summed E-state index contributed by atoms with van der Waals surface area (Å²) < 4.78 is 0. The van der Waals surface area contributed by atoms with Crippen LogP contribution in [0.4, 0.5) is 0 Å². The summed E-state index contributed by atoms with van der Waals surface area (Å²) in [4.78, 5) is 16.6. The molecule has 2 N–H and O–H groups in total. The quantitative estimate of drug-likeness (QED) is 0.885. The van der Waals surface area contributed by atoms with Gasteiger partial charge in [-0.15, -0.1) is 0 Å². The Balaban J connectivity index is 2.02.